The second kappa shape index (κ2) is 6.52. The number of ether oxygens (including phenoxy) is 1. The summed E-state index contributed by atoms with van der Waals surface area (Å²) in [6.45, 7) is 2.50. The molecular weight excluding hydrogens is 341 g/mol. The number of piperidine rings is 1. The maximum absolute atomic E-state index is 12.4. The maximum Gasteiger partial charge on any atom is 0.254 e. The molecule has 98 valence electrons. The van der Waals surface area contributed by atoms with Gasteiger partial charge in [-0.25, -0.2) is 0 Å². The Bertz CT molecular complexity index is 414. The lowest BCUT2D eigenvalue weighted by Gasteiger charge is -2.31. The third-order valence-electron chi connectivity index (χ3n) is 3.41. The van der Waals surface area contributed by atoms with Gasteiger partial charge in [0.1, 0.15) is 0 Å². The van der Waals surface area contributed by atoms with E-state index in [0.717, 1.165) is 41.7 Å². The van der Waals surface area contributed by atoms with E-state index in [-0.39, 0.29) is 5.91 Å². The predicted molar refractivity (Wildman–Crippen MR) is 79.7 cm³/mol. The topological polar surface area (TPSA) is 29.5 Å². The molecule has 0 atom stereocenters. The zero-order chi connectivity index (χ0) is 13.0. The van der Waals surface area contributed by atoms with Crippen molar-refractivity contribution in [1.82, 2.24) is 4.90 Å². The Morgan fingerprint density at radius 1 is 1.39 bits per heavy atom. The number of halogens is 1. The summed E-state index contributed by atoms with van der Waals surface area (Å²) in [5.41, 5.74) is 0.822. The van der Waals surface area contributed by atoms with Gasteiger partial charge in [0.25, 0.3) is 5.91 Å². The van der Waals surface area contributed by atoms with E-state index in [1.165, 1.54) is 0 Å². The van der Waals surface area contributed by atoms with Crippen LogP contribution < -0.4 is 0 Å². The molecule has 4 heteroatoms. The first-order chi connectivity index (χ1) is 8.72. The number of carbonyl (C=O) groups excluding carboxylic acids is 1. The van der Waals surface area contributed by atoms with Gasteiger partial charge in [0.2, 0.25) is 0 Å². The Kier molecular flexibility index (Phi) is 5.00. The summed E-state index contributed by atoms with van der Waals surface area (Å²) in [5, 5.41) is 0. The van der Waals surface area contributed by atoms with Gasteiger partial charge in [-0.1, -0.05) is 12.1 Å². The van der Waals surface area contributed by atoms with Crippen LogP contribution >= 0.6 is 22.6 Å². The van der Waals surface area contributed by atoms with E-state index >= 15 is 0 Å². The number of nitrogens with zero attached hydrogens (tertiary/aromatic N) is 1. The molecule has 3 nitrogen and oxygen atoms in total. The summed E-state index contributed by atoms with van der Waals surface area (Å²) < 4.78 is 6.20. The number of likely N-dealkylation sites (tertiary alicyclic amines) is 1. The number of benzene rings is 1. The van der Waals surface area contributed by atoms with Gasteiger partial charge in [0, 0.05) is 30.4 Å². The third kappa shape index (κ3) is 3.23. The number of amides is 1. The van der Waals surface area contributed by atoms with Crippen molar-refractivity contribution in [2.45, 2.75) is 12.8 Å². The summed E-state index contributed by atoms with van der Waals surface area (Å²) >= 11 is 2.22. The molecule has 1 aromatic rings. The van der Waals surface area contributed by atoms with Crippen LogP contribution in [0, 0.1) is 9.49 Å². The molecule has 1 fully saturated rings. The van der Waals surface area contributed by atoms with Gasteiger partial charge in [0.05, 0.1) is 5.56 Å². The van der Waals surface area contributed by atoms with Gasteiger partial charge in [-0.15, -0.1) is 0 Å². The SMILES string of the molecule is COCC1CCN(C(=O)c2ccccc2I)CC1. The van der Waals surface area contributed by atoms with E-state index in [0.29, 0.717) is 5.92 Å². The Hall–Kier alpha value is -0.620. The van der Waals surface area contributed by atoms with Crippen LogP contribution in [0.4, 0.5) is 0 Å². The van der Waals surface area contributed by atoms with Crippen molar-refractivity contribution < 1.29 is 9.53 Å². The lowest BCUT2D eigenvalue weighted by Crippen LogP contribution is -2.39. The highest BCUT2D eigenvalue weighted by Crippen LogP contribution is 2.21. The molecule has 0 aliphatic carbocycles. The highest BCUT2D eigenvalue weighted by Gasteiger charge is 2.24. The zero-order valence-corrected chi connectivity index (χ0v) is 12.7. The van der Waals surface area contributed by atoms with Crippen molar-refractivity contribution in [3.8, 4) is 0 Å². The van der Waals surface area contributed by atoms with Crippen LogP contribution in [0.1, 0.15) is 23.2 Å². The molecule has 1 amide bonds. The molecule has 0 radical (unpaired) electrons. The summed E-state index contributed by atoms with van der Waals surface area (Å²) in [7, 11) is 1.74. The fourth-order valence-corrected chi connectivity index (χ4v) is 2.96. The molecule has 1 aliphatic heterocycles. The highest BCUT2D eigenvalue weighted by molar-refractivity contribution is 14.1. The van der Waals surface area contributed by atoms with Crippen LogP contribution in [0.2, 0.25) is 0 Å². The van der Waals surface area contributed by atoms with E-state index < -0.39 is 0 Å². The van der Waals surface area contributed by atoms with E-state index in [2.05, 4.69) is 22.6 Å². The Balaban J connectivity index is 1.98. The number of rotatable bonds is 3. The quantitative estimate of drug-likeness (QED) is 0.777. The van der Waals surface area contributed by atoms with E-state index in [4.69, 9.17) is 4.74 Å². The largest absolute Gasteiger partial charge is 0.384 e. The smallest absolute Gasteiger partial charge is 0.254 e. The van der Waals surface area contributed by atoms with Crippen molar-refractivity contribution in [2.24, 2.45) is 5.92 Å². The van der Waals surface area contributed by atoms with Crippen molar-refractivity contribution in [3.63, 3.8) is 0 Å². The number of carbonyl (C=O) groups is 1. The monoisotopic (exact) mass is 359 g/mol. The van der Waals surface area contributed by atoms with Gasteiger partial charge in [-0.05, 0) is 53.5 Å². The molecule has 1 aliphatic rings. The Labute approximate surface area is 122 Å². The van der Waals surface area contributed by atoms with Crippen LogP contribution in [0.5, 0.6) is 0 Å². The fraction of sp³-hybridized carbons (Fsp3) is 0.500. The first-order valence-corrected chi connectivity index (χ1v) is 7.33. The molecule has 1 heterocycles. The van der Waals surface area contributed by atoms with Crippen LogP contribution in [0.15, 0.2) is 24.3 Å². The zero-order valence-electron chi connectivity index (χ0n) is 10.6. The van der Waals surface area contributed by atoms with Crippen LogP contribution in [-0.2, 0) is 4.74 Å². The molecule has 1 saturated heterocycles. The summed E-state index contributed by atoms with van der Waals surface area (Å²) in [5.74, 6) is 0.768. The van der Waals surface area contributed by atoms with E-state index in [9.17, 15) is 4.79 Å². The standard InChI is InChI=1S/C14H18INO2/c1-18-10-11-6-8-16(9-7-11)14(17)12-4-2-3-5-13(12)15/h2-5,11H,6-10H2,1H3. The molecule has 0 N–H and O–H groups in total. The second-order valence-corrected chi connectivity index (χ2v) is 5.83. The fourth-order valence-electron chi connectivity index (χ4n) is 2.34. The first-order valence-electron chi connectivity index (χ1n) is 6.25. The summed E-state index contributed by atoms with van der Waals surface area (Å²) in [6.07, 6.45) is 2.09. The number of hydrogen-bond acceptors (Lipinski definition) is 2. The number of hydrogen-bond donors (Lipinski definition) is 0. The Morgan fingerprint density at radius 3 is 2.67 bits per heavy atom. The van der Waals surface area contributed by atoms with Crippen molar-refractivity contribution >= 4 is 28.5 Å². The summed E-state index contributed by atoms with van der Waals surface area (Å²) in [4.78, 5) is 14.3. The normalized spacial score (nSPS) is 16.9. The average Bonchev–Trinajstić information content (AvgIpc) is 2.40. The predicted octanol–water partition coefficient (Wildman–Crippen LogP) is 2.79. The van der Waals surface area contributed by atoms with Gasteiger partial charge in [0.15, 0.2) is 0 Å². The third-order valence-corrected chi connectivity index (χ3v) is 4.35. The van der Waals surface area contributed by atoms with Gasteiger partial charge in [-0.2, -0.15) is 0 Å². The lowest BCUT2D eigenvalue weighted by molar-refractivity contribution is 0.0612. The molecule has 0 bridgehead atoms. The molecular formula is C14H18INO2. The van der Waals surface area contributed by atoms with Crippen molar-refractivity contribution in [1.29, 1.82) is 0 Å². The van der Waals surface area contributed by atoms with Gasteiger partial charge >= 0.3 is 0 Å². The van der Waals surface area contributed by atoms with E-state index in [1.54, 1.807) is 7.11 Å². The lowest BCUT2D eigenvalue weighted by atomic mass is 9.97. The second-order valence-electron chi connectivity index (χ2n) is 4.67. The van der Waals surface area contributed by atoms with E-state index in [1.807, 2.05) is 29.2 Å². The van der Waals surface area contributed by atoms with Gasteiger partial charge in [-0.3, -0.25) is 4.79 Å². The Morgan fingerprint density at radius 2 is 2.06 bits per heavy atom. The molecule has 2 rings (SSSR count). The maximum atomic E-state index is 12.4. The van der Waals surface area contributed by atoms with Crippen LogP contribution in [-0.4, -0.2) is 37.6 Å². The molecule has 0 unspecified atom stereocenters. The molecule has 0 saturated carbocycles. The molecule has 1 aromatic carbocycles. The van der Waals surface area contributed by atoms with Crippen LogP contribution in [0.3, 0.4) is 0 Å². The first kappa shape index (κ1) is 13.8. The average molecular weight is 359 g/mol. The molecule has 18 heavy (non-hydrogen) atoms. The molecule has 0 spiro atoms. The van der Waals surface area contributed by atoms with Crippen LogP contribution in [0.25, 0.3) is 0 Å². The minimum atomic E-state index is 0.163. The minimum absolute atomic E-state index is 0.163. The van der Waals surface area contributed by atoms with Crippen molar-refractivity contribution in [2.75, 3.05) is 26.8 Å². The minimum Gasteiger partial charge on any atom is -0.384 e. The van der Waals surface area contributed by atoms with Gasteiger partial charge < -0.3 is 9.64 Å². The van der Waals surface area contributed by atoms with Crippen molar-refractivity contribution in [3.05, 3.63) is 33.4 Å². The number of methoxy groups -OCH3 is 1. The summed E-state index contributed by atoms with van der Waals surface area (Å²) in [6, 6.07) is 7.77. The molecule has 0 aromatic heterocycles. The highest BCUT2D eigenvalue weighted by atomic mass is 127.